The van der Waals surface area contributed by atoms with E-state index in [4.69, 9.17) is 21.7 Å². The maximum Gasteiger partial charge on any atom is 0.169 e. The number of nitrogens with one attached hydrogen (secondary N) is 1. The van der Waals surface area contributed by atoms with Gasteiger partial charge < -0.3 is 19.7 Å². The molecule has 0 spiro atoms. The van der Waals surface area contributed by atoms with Gasteiger partial charge in [-0.25, -0.2) is 0 Å². The van der Waals surface area contributed by atoms with Gasteiger partial charge in [-0.1, -0.05) is 18.2 Å². The molecule has 0 amide bonds. The largest absolute Gasteiger partial charge is 0.494 e. The monoisotopic (exact) mass is 450 g/mol. The Bertz CT molecular complexity index is 929. The first-order valence-corrected chi connectivity index (χ1v) is 11.3. The molecular formula is C25H30N4O2S. The van der Waals surface area contributed by atoms with Gasteiger partial charge in [0.05, 0.1) is 13.2 Å². The number of nitrogens with zero attached hydrogens (tertiary/aromatic N) is 3. The van der Waals surface area contributed by atoms with E-state index >= 15 is 0 Å². The fourth-order valence-corrected chi connectivity index (χ4v) is 3.56. The standard InChI is InChI=1S/C25H30N4O2S/c1-3-30-23-10-9-22(24(15-23)31-4-2)11-14-28-25(32)29(18-20-7-5-12-26-16-20)19-21-8-6-13-27-17-21/h5-10,12-13,15-17H,3-4,11,14,18-19H2,1-2H3,(H,28,32). The van der Waals surface area contributed by atoms with Crippen LogP contribution in [0.3, 0.4) is 0 Å². The van der Waals surface area contributed by atoms with Gasteiger partial charge in [0.15, 0.2) is 5.11 Å². The summed E-state index contributed by atoms with van der Waals surface area (Å²) in [6.45, 7) is 7.23. The molecule has 2 aromatic heterocycles. The molecule has 32 heavy (non-hydrogen) atoms. The van der Waals surface area contributed by atoms with E-state index in [0.29, 0.717) is 38.0 Å². The predicted molar refractivity (Wildman–Crippen MR) is 131 cm³/mol. The molecular weight excluding hydrogens is 420 g/mol. The van der Waals surface area contributed by atoms with E-state index in [-0.39, 0.29) is 0 Å². The Morgan fingerprint density at radius 3 is 2.16 bits per heavy atom. The lowest BCUT2D eigenvalue weighted by molar-refractivity contribution is 0.320. The van der Waals surface area contributed by atoms with Gasteiger partial charge in [-0.05, 0) is 67.4 Å². The highest BCUT2D eigenvalue weighted by atomic mass is 32.1. The van der Waals surface area contributed by atoms with Crippen LogP contribution in [0.4, 0.5) is 0 Å². The lowest BCUT2D eigenvalue weighted by Gasteiger charge is -2.26. The summed E-state index contributed by atoms with van der Waals surface area (Å²) in [5.41, 5.74) is 3.33. The quantitative estimate of drug-likeness (QED) is 0.435. The molecule has 0 aliphatic rings. The third-order valence-corrected chi connectivity index (χ3v) is 5.20. The third kappa shape index (κ3) is 7.20. The highest BCUT2D eigenvalue weighted by Crippen LogP contribution is 2.25. The molecule has 0 unspecified atom stereocenters. The maximum absolute atomic E-state index is 5.82. The van der Waals surface area contributed by atoms with Gasteiger partial charge in [0, 0.05) is 50.5 Å². The molecule has 168 valence electrons. The highest BCUT2D eigenvalue weighted by molar-refractivity contribution is 7.80. The summed E-state index contributed by atoms with van der Waals surface area (Å²) >= 11 is 5.75. The molecule has 0 aliphatic heterocycles. The van der Waals surface area contributed by atoms with Gasteiger partial charge in [-0.3, -0.25) is 9.97 Å². The van der Waals surface area contributed by atoms with Crippen LogP contribution in [-0.4, -0.2) is 39.7 Å². The van der Waals surface area contributed by atoms with Gasteiger partial charge in [-0.15, -0.1) is 0 Å². The summed E-state index contributed by atoms with van der Waals surface area (Å²) in [6, 6.07) is 14.0. The molecule has 6 nitrogen and oxygen atoms in total. The zero-order valence-corrected chi connectivity index (χ0v) is 19.5. The van der Waals surface area contributed by atoms with Crippen LogP contribution in [0.15, 0.2) is 67.3 Å². The molecule has 1 N–H and O–H groups in total. The van der Waals surface area contributed by atoms with Crippen molar-refractivity contribution in [3.05, 3.63) is 83.9 Å². The molecule has 3 aromatic rings. The lowest BCUT2D eigenvalue weighted by Crippen LogP contribution is -2.39. The van der Waals surface area contributed by atoms with Crippen LogP contribution in [0.5, 0.6) is 11.5 Å². The Balaban J connectivity index is 1.64. The molecule has 7 heteroatoms. The van der Waals surface area contributed by atoms with E-state index in [9.17, 15) is 0 Å². The minimum atomic E-state index is 0.610. The molecule has 0 radical (unpaired) electrons. The number of ether oxygens (including phenoxy) is 2. The van der Waals surface area contributed by atoms with Gasteiger partial charge in [0.2, 0.25) is 0 Å². The zero-order valence-electron chi connectivity index (χ0n) is 18.7. The van der Waals surface area contributed by atoms with Crippen molar-refractivity contribution < 1.29 is 9.47 Å². The molecule has 0 saturated carbocycles. The summed E-state index contributed by atoms with van der Waals surface area (Å²) in [6.07, 6.45) is 8.08. The molecule has 2 heterocycles. The molecule has 0 saturated heterocycles. The first-order chi connectivity index (χ1) is 15.7. The van der Waals surface area contributed by atoms with Crippen LogP contribution < -0.4 is 14.8 Å². The average molecular weight is 451 g/mol. The number of hydrogen-bond acceptors (Lipinski definition) is 5. The van der Waals surface area contributed by atoms with E-state index in [1.165, 1.54) is 0 Å². The summed E-state index contributed by atoms with van der Waals surface area (Å²) < 4.78 is 11.4. The van der Waals surface area contributed by atoms with Gasteiger partial charge in [-0.2, -0.15) is 0 Å². The van der Waals surface area contributed by atoms with Crippen LogP contribution >= 0.6 is 12.2 Å². The fraction of sp³-hybridized carbons (Fsp3) is 0.320. The zero-order chi connectivity index (χ0) is 22.6. The van der Waals surface area contributed by atoms with Crippen molar-refractivity contribution in [1.82, 2.24) is 20.2 Å². The topological polar surface area (TPSA) is 59.5 Å². The lowest BCUT2D eigenvalue weighted by atomic mass is 10.1. The normalized spacial score (nSPS) is 10.4. The van der Waals surface area contributed by atoms with Gasteiger partial charge in [0.1, 0.15) is 11.5 Å². The van der Waals surface area contributed by atoms with E-state index < -0.39 is 0 Å². The highest BCUT2D eigenvalue weighted by Gasteiger charge is 2.12. The number of pyridine rings is 2. The van der Waals surface area contributed by atoms with Crippen molar-refractivity contribution >= 4 is 17.3 Å². The van der Waals surface area contributed by atoms with Crippen LogP contribution in [0.1, 0.15) is 30.5 Å². The average Bonchev–Trinajstić information content (AvgIpc) is 2.82. The van der Waals surface area contributed by atoms with E-state index in [0.717, 1.165) is 34.6 Å². The molecule has 0 fully saturated rings. The number of rotatable bonds is 11. The minimum Gasteiger partial charge on any atom is -0.494 e. The van der Waals surface area contributed by atoms with E-state index in [1.807, 2.05) is 50.5 Å². The van der Waals surface area contributed by atoms with Crippen LogP contribution in [0.25, 0.3) is 0 Å². The molecule has 3 rings (SSSR count). The SMILES string of the molecule is CCOc1ccc(CCNC(=S)N(Cc2cccnc2)Cc2cccnc2)c(OCC)c1. The van der Waals surface area contributed by atoms with Gasteiger partial charge >= 0.3 is 0 Å². The number of hydrogen-bond donors (Lipinski definition) is 1. The van der Waals surface area contributed by atoms with E-state index in [2.05, 4.69) is 38.4 Å². The minimum absolute atomic E-state index is 0.610. The molecule has 0 aliphatic carbocycles. The fourth-order valence-electron chi connectivity index (χ4n) is 3.33. The Morgan fingerprint density at radius 2 is 1.59 bits per heavy atom. The molecule has 1 aromatic carbocycles. The Kier molecular flexibility index (Phi) is 9.25. The predicted octanol–water partition coefficient (Wildman–Crippen LogP) is 4.39. The van der Waals surface area contributed by atoms with Crippen molar-refractivity contribution in [1.29, 1.82) is 0 Å². The molecule has 0 bridgehead atoms. The van der Waals surface area contributed by atoms with Crippen LogP contribution in [0.2, 0.25) is 0 Å². The maximum atomic E-state index is 5.82. The summed E-state index contributed by atoms with van der Waals surface area (Å²) in [7, 11) is 0. The van der Waals surface area contributed by atoms with Crippen LogP contribution in [-0.2, 0) is 19.5 Å². The van der Waals surface area contributed by atoms with Crippen molar-refractivity contribution in [3.8, 4) is 11.5 Å². The van der Waals surface area contributed by atoms with Crippen molar-refractivity contribution in [3.63, 3.8) is 0 Å². The number of benzene rings is 1. The first kappa shape index (κ1) is 23.5. The van der Waals surface area contributed by atoms with Crippen molar-refractivity contribution in [2.75, 3.05) is 19.8 Å². The Hall–Kier alpha value is -3.19. The van der Waals surface area contributed by atoms with Gasteiger partial charge in [0.25, 0.3) is 0 Å². The molecule has 0 atom stereocenters. The summed E-state index contributed by atoms with van der Waals surface area (Å²) in [5.74, 6) is 1.68. The Morgan fingerprint density at radius 1 is 0.938 bits per heavy atom. The first-order valence-electron chi connectivity index (χ1n) is 10.9. The second kappa shape index (κ2) is 12.6. The van der Waals surface area contributed by atoms with Crippen molar-refractivity contribution in [2.24, 2.45) is 0 Å². The third-order valence-electron chi connectivity index (χ3n) is 4.80. The second-order valence-corrected chi connectivity index (χ2v) is 7.58. The summed E-state index contributed by atoms with van der Waals surface area (Å²) in [4.78, 5) is 10.6. The second-order valence-electron chi connectivity index (χ2n) is 7.20. The smallest absolute Gasteiger partial charge is 0.169 e. The van der Waals surface area contributed by atoms with Crippen molar-refractivity contribution in [2.45, 2.75) is 33.4 Å². The van der Waals surface area contributed by atoms with Crippen LogP contribution in [0, 0.1) is 0 Å². The van der Waals surface area contributed by atoms with E-state index in [1.54, 1.807) is 12.4 Å². The number of aromatic nitrogens is 2. The number of thiocarbonyl (C=S) groups is 1. The Labute approximate surface area is 195 Å². The summed E-state index contributed by atoms with van der Waals surface area (Å²) in [5, 5.41) is 4.11.